The molecule has 0 saturated heterocycles. The van der Waals surface area contributed by atoms with Crippen LogP contribution in [0.2, 0.25) is 0 Å². The van der Waals surface area contributed by atoms with Crippen LogP contribution in [0.4, 0.5) is 5.69 Å². The number of benzene rings is 2. The highest BCUT2D eigenvalue weighted by Crippen LogP contribution is 2.16. The van der Waals surface area contributed by atoms with Crippen molar-refractivity contribution in [3.05, 3.63) is 83.8 Å². The number of hydrogen-bond donors (Lipinski definition) is 1. The molecule has 3 rings (SSSR count). The highest BCUT2D eigenvalue weighted by Gasteiger charge is 2.08. The smallest absolute Gasteiger partial charge is 0.338 e. The zero-order chi connectivity index (χ0) is 20.3. The first-order valence-electron chi connectivity index (χ1n) is 9.74. The van der Waals surface area contributed by atoms with E-state index in [0.717, 1.165) is 36.3 Å². The van der Waals surface area contributed by atoms with Crippen LogP contribution in [0.25, 0.3) is 0 Å². The van der Waals surface area contributed by atoms with Crippen molar-refractivity contribution in [3.63, 3.8) is 0 Å². The number of aromatic nitrogens is 2. The molecule has 0 radical (unpaired) electrons. The van der Waals surface area contributed by atoms with Gasteiger partial charge in [0.05, 0.1) is 12.2 Å². The molecule has 29 heavy (non-hydrogen) atoms. The van der Waals surface area contributed by atoms with E-state index in [1.54, 1.807) is 31.5 Å². The number of nitrogens with one attached hydrogen (secondary N) is 1. The van der Waals surface area contributed by atoms with E-state index >= 15 is 0 Å². The molecule has 0 fully saturated rings. The summed E-state index contributed by atoms with van der Waals surface area (Å²) < 4.78 is 10.8. The van der Waals surface area contributed by atoms with E-state index in [2.05, 4.69) is 15.3 Å². The Bertz CT molecular complexity index is 899. The van der Waals surface area contributed by atoms with Gasteiger partial charge in [-0.3, -0.25) is 4.98 Å². The van der Waals surface area contributed by atoms with Crippen LogP contribution in [0.3, 0.4) is 0 Å². The van der Waals surface area contributed by atoms with Gasteiger partial charge in [-0.15, -0.1) is 0 Å². The van der Waals surface area contributed by atoms with Crippen LogP contribution in [0, 0.1) is 0 Å². The van der Waals surface area contributed by atoms with Gasteiger partial charge in [0, 0.05) is 24.6 Å². The Kier molecular flexibility index (Phi) is 7.57. The van der Waals surface area contributed by atoms with Gasteiger partial charge in [-0.05, 0) is 49.6 Å². The zero-order valence-electron chi connectivity index (χ0n) is 16.5. The molecule has 0 unspecified atom stereocenters. The average molecular weight is 391 g/mol. The zero-order valence-corrected chi connectivity index (χ0v) is 16.5. The lowest BCUT2D eigenvalue weighted by atomic mass is 10.2. The number of hydrogen-bond acceptors (Lipinski definition) is 6. The summed E-state index contributed by atoms with van der Waals surface area (Å²) in [5.74, 6) is 0.278. The van der Waals surface area contributed by atoms with Gasteiger partial charge in [0.25, 0.3) is 0 Å². The third kappa shape index (κ3) is 6.31. The number of carbonyl (C=O) groups excluding carboxylic acids is 1. The van der Waals surface area contributed by atoms with Crippen molar-refractivity contribution >= 4 is 11.7 Å². The van der Waals surface area contributed by atoms with Gasteiger partial charge < -0.3 is 14.8 Å². The Hall–Kier alpha value is -3.41. The molecular formula is C23H25N3O3. The Morgan fingerprint density at radius 2 is 1.76 bits per heavy atom. The minimum absolute atomic E-state index is 0.301. The first-order chi connectivity index (χ1) is 14.3. The van der Waals surface area contributed by atoms with Crippen LogP contribution < -0.4 is 10.1 Å². The molecule has 0 bridgehead atoms. The summed E-state index contributed by atoms with van der Waals surface area (Å²) in [6.45, 7) is 3.41. The fourth-order valence-electron chi connectivity index (χ4n) is 2.80. The normalized spacial score (nSPS) is 10.4. The van der Waals surface area contributed by atoms with Crippen LogP contribution in [-0.4, -0.2) is 29.1 Å². The second-order valence-corrected chi connectivity index (χ2v) is 6.41. The minimum Gasteiger partial charge on any atom is -0.472 e. The molecule has 0 saturated carbocycles. The molecule has 0 aliphatic carbocycles. The summed E-state index contributed by atoms with van der Waals surface area (Å²) in [7, 11) is 0. The SMILES string of the molecule is CCOC(=O)c1ccc(NCCCc2nccnc2OCc2ccccc2)cc1. The Morgan fingerprint density at radius 1 is 1.00 bits per heavy atom. The molecule has 3 aromatic rings. The van der Waals surface area contributed by atoms with Gasteiger partial charge in [0.1, 0.15) is 12.3 Å². The topological polar surface area (TPSA) is 73.3 Å². The molecule has 1 heterocycles. The van der Waals surface area contributed by atoms with Gasteiger partial charge in [-0.1, -0.05) is 30.3 Å². The molecule has 6 heteroatoms. The summed E-state index contributed by atoms with van der Waals surface area (Å²) in [6, 6.07) is 17.3. The second-order valence-electron chi connectivity index (χ2n) is 6.41. The van der Waals surface area contributed by atoms with Crippen molar-refractivity contribution in [2.45, 2.75) is 26.4 Å². The molecule has 0 aliphatic rings. The predicted octanol–water partition coefficient (Wildman–Crippen LogP) is 4.28. The molecule has 0 aliphatic heterocycles. The number of ether oxygens (including phenoxy) is 2. The lowest BCUT2D eigenvalue weighted by Crippen LogP contribution is -2.07. The van der Waals surface area contributed by atoms with Crippen LogP contribution in [0.15, 0.2) is 67.0 Å². The highest BCUT2D eigenvalue weighted by atomic mass is 16.5. The summed E-state index contributed by atoms with van der Waals surface area (Å²) in [4.78, 5) is 20.4. The largest absolute Gasteiger partial charge is 0.472 e. The van der Waals surface area contributed by atoms with E-state index in [0.29, 0.717) is 24.7 Å². The maximum atomic E-state index is 11.7. The van der Waals surface area contributed by atoms with Gasteiger partial charge in [0.2, 0.25) is 5.88 Å². The lowest BCUT2D eigenvalue weighted by molar-refractivity contribution is 0.0526. The average Bonchev–Trinajstić information content (AvgIpc) is 2.77. The Morgan fingerprint density at radius 3 is 2.52 bits per heavy atom. The standard InChI is InChI=1S/C23H25N3O3/c1-2-28-23(27)19-10-12-20(13-11-19)24-14-6-9-21-22(26-16-15-25-21)29-17-18-7-4-3-5-8-18/h3-5,7-8,10-13,15-16,24H,2,6,9,14,17H2,1H3. The molecule has 1 aromatic heterocycles. The fraction of sp³-hybridized carbons (Fsp3) is 0.261. The summed E-state index contributed by atoms with van der Waals surface area (Å²) in [6.07, 6.45) is 4.96. The van der Waals surface area contributed by atoms with Crippen LogP contribution in [-0.2, 0) is 17.8 Å². The number of rotatable bonds is 10. The van der Waals surface area contributed by atoms with Gasteiger partial charge in [0.15, 0.2) is 0 Å². The third-order valence-electron chi connectivity index (χ3n) is 4.27. The van der Waals surface area contributed by atoms with Crippen molar-refractivity contribution in [1.82, 2.24) is 9.97 Å². The molecule has 0 amide bonds. The molecule has 1 N–H and O–H groups in total. The van der Waals surface area contributed by atoms with Gasteiger partial charge in [-0.25, -0.2) is 9.78 Å². The Labute approximate surface area is 170 Å². The number of aryl methyl sites for hydroxylation is 1. The number of anilines is 1. The number of carbonyl (C=O) groups is 1. The van der Waals surface area contributed by atoms with Crippen molar-refractivity contribution < 1.29 is 14.3 Å². The summed E-state index contributed by atoms with van der Waals surface area (Å²) in [5, 5.41) is 3.35. The molecule has 6 nitrogen and oxygen atoms in total. The molecular weight excluding hydrogens is 366 g/mol. The van der Waals surface area contributed by atoms with Gasteiger partial charge >= 0.3 is 5.97 Å². The molecule has 2 aromatic carbocycles. The van der Waals surface area contributed by atoms with E-state index < -0.39 is 0 Å². The van der Waals surface area contributed by atoms with Crippen LogP contribution >= 0.6 is 0 Å². The van der Waals surface area contributed by atoms with Crippen molar-refractivity contribution in [2.75, 3.05) is 18.5 Å². The van der Waals surface area contributed by atoms with E-state index in [1.807, 2.05) is 42.5 Å². The van der Waals surface area contributed by atoms with Crippen molar-refractivity contribution in [1.29, 1.82) is 0 Å². The van der Waals surface area contributed by atoms with Gasteiger partial charge in [-0.2, -0.15) is 0 Å². The van der Waals surface area contributed by atoms with Crippen molar-refractivity contribution in [3.8, 4) is 5.88 Å². The van der Waals surface area contributed by atoms with Crippen molar-refractivity contribution in [2.24, 2.45) is 0 Å². The minimum atomic E-state index is -0.301. The van der Waals surface area contributed by atoms with E-state index in [1.165, 1.54) is 0 Å². The van der Waals surface area contributed by atoms with E-state index in [4.69, 9.17) is 9.47 Å². The van der Waals surface area contributed by atoms with Crippen LogP contribution in [0.1, 0.15) is 35.0 Å². The lowest BCUT2D eigenvalue weighted by Gasteiger charge is -2.10. The third-order valence-corrected chi connectivity index (χ3v) is 4.27. The quantitative estimate of drug-likeness (QED) is 0.411. The summed E-state index contributed by atoms with van der Waals surface area (Å²) >= 11 is 0. The van der Waals surface area contributed by atoms with Crippen LogP contribution in [0.5, 0.6) is 5.88 Å². The molecule has 0 atom stereocenters. The molecule has 0 spiro atoms. The predicted molar refractivity (Wildman–Crippen MR) is 112 cm³/mol. The maximum absolute atomic E-state index is 11.7. The Balaban J connectivity index is 1.46. The fourth-order valence-corrected chi connectivity index (χ4v) is 2.80. The van der Waals surface area contributed by atoms with E-state index in [-0.39, 0.29) is 5.97 Å². The second kappa shape index (κ2) is 10.8. The van der Waals surface area contributed by atoms with E-state index in [9.17, 15) is 4.79 Å². The first-order valence-corrected chi connectivity index (χ1v) is 9.74. The number of nitrogens with zero attached hydrogens (tertiary/aromatic N) is 2. The summed E-state index contributed by atoms with van der Waals surface area (Å²) in [5.41, 5.74) is 3.45. The first kappa shape index (κ1) is 20.3. The monoisotopic (exact) mass is 391 g/mol. The number of esters is 1. The highest BCUT2D eigenvalue weighted by molar-refractivity contribution is 5.89. The molecule has 150 valence electrons. The maximum Gasteiger partial charge on any atom is 0.338 e.